The number of aromatic amines is 1. The van der Waals surface area contributed by atoms with Crippen molar-refractivity contribution in [3.05, 3.63) is 59.8 Å². The number of Topliss-reactive ketones (excluding diaryl/α,β-unsaturated/α-hetero) is 1. The molecule has 1 aliphatic rings. The molecule has 1 aliphatic heterocycles. The standard InChI is InChI=1S/C23H27N3O2/c1-16-5-4-6-18(11-16)26-10-9-25(14-17(26)2)15-23(27)21-13-24-22-12-19(28-3)7-8-20(21)22/h4-8,11-13,17,24H,9-10,14-15H2,1-3H3/t17-/m1/s1. The van der Waals surface area contributed by atoms with Crippen LogP contribution in [0.4, 0.5) is 5.69 Å². The predicted molar refractivity (Wildman–Crippen MR) is 114 cm³/mol. The minimum absolute atomic E-state index is 0.160. The Hall–Kier alpha value is -2.79. The van der Waals surface area contributed by atoms with Gasteiger partial charge in [0.25, 0.3) is 0 Å². The number of methoxy groups -OCH3 is 1. The van der Waals surface area contributed by atoms with Crippen LogP contribution in [0.5, 0.6) is 5.75 Å². The number of piperazine rings is 1. The van der Waals surface area contributed by atoms with Crippen LogP contribution in [0.2, 0.25) is 0 Å². The van der Waals surface area contributed by atoms with E-state index in [0.717, 1.165) is 41.9 Å². The van der Waals surface area contributed by atoms with E-state index in [2.05, 4.69) is 52.9 Å². The van der Waals surface area contributed by atoms with Gasteiger partial charge >= 0.3 is 0 Å². The van der Waals surface area contributed by atoms with Crippen molar-refractivity contribution in [2.75, 3.05) is 38.2 Å². The largest absolute Gasteiger partial charge is 0.497 e. The average Bonchev–Trinajstić information content (AvgIpc) is 3.11. The fourth-order valence-electron chi connectivity index (χ4n) is 4.12. The zero-order valence-electron chi connectivity index (χ0n) is 16.7. The van der Waals surface area contributed by atoms with E-state index in [1.165, 1.54) is 11.3 Å². The van der Waals surface area contributed by atoms with Crippen molar-refractivity contribution in [2.45, 2.75) is 19.9 Å². The molecule has 146 valence electrons. The van der Waals surface area contributed by atoms with Gasteiger partial charge in [-0.05, 0) is 43.7 Å². The Bertz CT molecular complexity index is 994. The lowest BCUT2D eigenvalue weighted by molar-refractivity contribution is 0.0919. The number of fused-ring (bicyclic) bond motifs is 1. The van der Waals surface area contributed by atoms with Gasteiger partial charge in [0, 0.05) is 60.1 Å². The van der Waals surface area contributed by atoms with Gasteiger partial charge in [0.2, 0.25) is 0 Å². The second-order valence-corrected chi connectivity index (χ2v) is 7.65. The van der Waals surface area contributed by atoms with Gasteiger partial charge < -0.3 is 14.6 Å². The number of nitrogens with zero attached hydrogens (tertiary/aromatic N) is 2. The number of anilines is 1. The lowest BCUT2D eigenvalue weighted by atomic mass is 10.1. The van der Waals surface area contributed by atoms with Crippen LogP contribution >= 0.6 is 0 Å². The van der Waals surface area contributed by atoms with Gasteiger partial charge in [0.15, 0.2) is 5.78 Å². The number of nitrogens with one attached hydrogen (secondary N) is 1. The SMILES string of the molecule is COc1ccc2c(C(=O)CN3CCN(c4cccc(C)c4)[C@H](C)C3)c[nH]c2c1. The average molecular weight is 377 g/mol. The number of benzene rings is 2. The number of ketones is 1. The first-order valence-electron chi connectivity index (χ1n) is 9.79. The van der Waals surface area contributed by atoms with Crippen molar-refractivity contribution in [3.63, 3.8) is 0 Å². The summed E-state index contributed by atoms with van der Waals surface area (Å²) in [5.41, 5.74) is 4.23. The van der Waals surface area contributed by atoms with Crippen molar-refractivity contribution in [2.24, 2.45) is 0 Å². The first-order chi connectivity index (χ1) is 13.5. The third-order valence-electron chi connectivity index (χ3n) is 5.60. The lowest BCUT2D eigenvalue weighted by Crippen LogP contribution is -2.53. The first kappa shape index (κ1) is 18.6. The van der Waals surface area contributed by atoms with E-state index < -0.39 is 0 Å². The molecular formula is C23H27N3O2. The van der Waals surface area contributed by atoms with Gasteiger partial charge in [-0.25, -0.2) is 0 Å². The van der Waals surface area contributed by atoms with Gasteiger partial charge in [-0.1, -0.05) is 12.1 Å². The van der Waals surface area contributed by atoms with E-state index in [9.17, 15) is 4.79 Å². The predicted octanol–water partition coefficient (Wildman–Crippen LogP) is 3.88. The topological polar surface area (TPSA) is 48.6 Å². The third-order valence-corrected chi connectivity index (χ3v) is 5.60. The number of aryl methyl sites for hydroxylation is 1. The highest BCUT2D eigenvalue weighted by Gasteiger charge is 2.26. The van der Waals surface area contributed by atoms with E-state index in [1.54, 1.807) is 7.11 Å². The molecule has 0 unspecified atom stereocenters. The molecule has 3 aromatic rings. The first-order valence-corrected chi connectivity index (χ1v) is 9.79. The maximum atomic E-state index is 12.9. The van der Waals surface area contributed by atoms with Crippen LogP contribution in [-0.4, -0.2) is 55.0 Å². The molecule has 1 saturated heterocycles. The molecule has 0 amide bonds. The molecule has 1 fully saturated rings. The Morgan fingerprint density at radius 2 is 2.07 bits per heavy atom. The Balaban J connectivity index is 1.43. The molecule has 2 aromatic carbocycles. The summed E-state index contributed by atoms with van der Waals surface area (Å²) < 4.78 is 5.26. The second kappa shape index (κ2) is 7.68. The van der Waals surface area contributed by atoms with Crippen LogP contribution in [-0.2, 0) is 0 Å². The Kier molecular flexibility index (Phi) is 5.09. The number of carbonyl (C=O) groups excluding carboxylic acids is 1. The van der Waals surface area contributed by atoms with E-state index in [1.807, 2.05) is 24.4 Å². The molecule has 0 spiro atoms. The van der Waals surface area contributed by atoms with Crippen LogP contribution in [0.3, 0.4) is 0 Å². The minimum atomic E-state index is 0.160. The van der Waals surface area contributed by atoms with Crippen LogP contribution in [0.25, 0.3) is 10.9 Å². The summed E-state index contributed by atoms with van der Waals surface area (Å²) in [4.78, 5) is 20.8. The monoisotopic (exact) mass is 377 g/mol. The lowest BCUT2D eigenvalue weighted by Gasteiger charge is -2.41. The summed E-state index contributed by atoms with van der Waals surface area (Å²) in [5.74, 6) is 0.946. The molecule has 1 N–H and O–H groups in total. The summed E-state index contributed by atoms with van der Waals surface area (Å²) in [7, 11) is 1.65. The van der Waals surface area contributed by atoms with Crippen LogP contribution in [0.1, 0.15) is 22.8 Å². The minimum Gasteiger partial charge on any atom is -0.497 e. The maximum Gasteiger partial charge on any atom is 0.178 e. The molecule has 28 heavy (non-hydrogen) atoms. The molecule has 0 radical (unpaired) electrons. The van der Waals surface area contributed by atoms with E-state index >= 15 is 0 Å². The summed E-state index contributed by atoms with van der Waals surface area (Å²) in [5, 5.41) is 0.956. The maximum absolute atomic E-state index is 12.9. The normalized spacial score (nSPS) is 17.8. The highest BCUT2D eigenvalue weighted by molar-refractivity contribution is 6.09. The molecule has 0 saturated carbocycles. The number of aromatic nitrogens is 1. The number of ether oxygens (including phenoxy) is 1. The van der Waals surface area contributed by atoms with Crippen molar-refractivity contribution >= 4 is 22.4 Å². The van der Waals surface area contributed by atoms with Gasteiger partial charge in [0.1, 0.15) is 5.75 Å². The molecule has 1 aromatic heterocycles. The van der Waals surface area contributed by atoms with E-state index in [4.69, 9.17) is 4.74 Å². The quantitative estimate of drug-likeness (QED) is 0.686. The van der Waals surface area contributed by atoms with Crippen LogP contribution < -0.4 is 9.64 Å². The number of carbonyl (C=O) groups is 1. The third kappa shape index (κ3) is 3.62. The fourth-order valence-corrected chi connectivity index (χ4v) is 4.12. The van der Waals surface area contributed by atoms with Gasteiger partial charge in [0.05, 0.1) is 13.7 Å². The summed E-state index contributed by atoms with van der Waals surface area (Å²) in [6, 6.07) is 14.8. The Morgan fingerprint density at radius 1 is 1.21 bits per heavy atom. The molecular weight excluding hydrogens is 350 g/mol. The van der Waals surface area contributed by atoms with Gasteiger partial charge in [-0.15, -0.1) is 0 Å². The molecule has 0 bridgehead atoms. The Morgan fingerprint density at radius 3 is 2.82 bits per heavy atom. The van der Waals surface area contributed by atoms with Crippen molar-refractivity contribution in [1.82, 2.24) is 9.88 Å². The Labute approximate surface area is 165 Å². The number of hydrogen-bond acceptors (Lipinski definition) is 4. The van der Waals surface area contributed by atoms with Crippen molar-refractivity contribution in [1.29, 1.82) is 0 Å². The fraction of sp³-hybridized carbons (Fsp3) is 0.348. The van der Waals surface area contributed by atoms with Gasteiger partial charge in [-0.2, -0.15) is 0 Å². The summed E-state index contributed by atoms with van der Waals surface area (Å²) in [6.07, 6.45) is 1.82. The van der Waals surface area contributed by atoms with Crippen LogP contribution in [0.15, 0.2) is 48.7 Å². The van der Waals surface area contributed by atoms with Gasteiger partial charge in [-0.3, -0.25) is 9.69 Å². The van der Waals surface area contributed by atoms with Crippen LogP contribution in [0, 0.1) is 6.92 Å². The second-order valence-electron chi connectivity index (χ2n) is 7.65. The van der Waals surface area contributed by atoms with E-state index in [0.29, 0.717) is 12.6 Å². The highest BCUT2D eigenvalue weighted by atomic mass is 16.5. The summed E-state index contributed by atoms with van der Waals surface area (Å²) >= 11 is 0. The number of rotatable bonds is 5. The van der Waals surface area contributed by atoms with Crippen molar-refractivity contribution < 1.29 is 9.53 Å². The molecule has 2 heterocycles. The number of hydrogen-bond donors (Lipinski definition) is 1. The zero-order valence-corrected chi connectivity index (χ0v) is 16.7. The molecule has 4 rings (SSSR count). The molecule has 0 aliphatic carbocycles. The summed E-state index contributed by atoms with van der Waals surface area (Å²) in [6.45, 7) is 7.51. The molecule has 1 atom stereocenters. The molecule has 5 nitrogen and oxygen atoms in total. The highest BCUT2D eigenvalue weighted by Crippen LogP contribution is 2.25. The smallest absolute Gasteiger partial charge is 0.178 e. The zero-order chi connectivity index (χ0) is 19.7. The molecule has 5 heteroatoms. The number of H-pyrrole nitrogens is 1. The van der Waals surface area contributed by atoms with Crippen molar-refractivity contribution in [3.8, 4) is 5.75 Å². The van der Waals surface area contributed by atoms with E-state index in [-0.39, 0.29) is 5.78 Å².